The summed E-state index contributed by atoms with van der Waals surface area (Å²) in [7, 11) is 0. The zero-order valence-electron chi connectivity index (χ0n) is 10.8. The second-order valence-corrected chi connectivity index (χ2v) is 5.36. The molecular weight excluding hydrogens is 228 g/mol. The molecular formula is C15H20O3. The summed E-state index contributed by atoms with van der Waals surface area (Å²) in [6.07, 6.45) is 4.03. The summed E-state index contributed by atoms with van der Waals surface area (Å²) >= 11 is 0. The molecule has 1 aromatic rings. The van der Waals surface area contributed by atoms with Crippen molar-refractivity contribution in [2.24, 2.45) is 0 Å². The van der Waals surface area contributed by atoms with Crippen LogP contribution in [0.3, 0.4) is 0 Å². The van der Waals surface area contributed by atoms with Gasteiger partial charge in [0, 0.05) is 12.8 Å². The van der Waals surface area contributed by atoms with E-state index in [1.54, 1.807) is 0 Å². The fraction of sp³-hybridized carbons (Fsp3) is 0.600. The third-order valence-corrected chi connectivity index (χ3v) is 4.01. The van der Waals surface area contributed by atoms with Crippen molar-refractivity contribution >= 4 is 0 Å². The molecule has 3 heteroatoms. The molecule has 0 aliphatic carbocycles. The number of hydrogen-bond acceptors (Lipinski definition) is 3. The molecule has 0 saturated carbocycles. The summed E-state index contributed by atoms with van der Waals surface area (Å²) in [4.78, 5) is 0. The molecule has 2 bridgehead atoms. The summed E-state index contributed by atoms with van der Waals surface area (Å²) in [5, 5.41) is 10.9. The number of fused-ring (bicyclic) bond motifs is 2. The Hall–Kier alpha value is -1.06. The van der Waals surface area contributed by atoms with Crippen LogP contribution in [-0.4, -0.2) is 23.9 Å². The second-order valence-electron chi connectivity index (χ2n) is 5.36. The maximum absolute atomic E-state index is 10.9. The molecule has 1 aromatic carbocycles. The minimum Gasteiger partial charge on any atom is -0.494 e. The summed E-state index contributed by atoms with van der Waals surface area (Å²) in [6, 6.07) is 7.85. The van der Waals surface area contributed by atoms with Crippen LogP contribution in [0.25, 0.3) is 0 Å². The Morgan fingerprint density at radius 1 is 1.33 bits per heavy atom. The highest BCUT2D eigenvalue weighted by molar-refractivity contribution is 5.33. The normalized spacial score (nSPS) is 34.6. The molecule has 2 aliphatic heterocycles. The Morgan fingerprint density at radius 2 is 2.06 bits per heavy atom. The lowest BCUT2D eigenvalue weighted by molar-refractivity contribution is -0.115. The van der Waals surface area contributed by atoms with E-state index in [1.165, 1.54) is 0 Å². The molecule has 2 atom stereocenters. The first-order chi connectivity index (χ1) is 8.69. The molecule has 2 saturated heterocycles. The number of benzene rings is 1. The van der Waals surface area contributed by atoms with Gasteiger partial charge >= 0.3 is 0 Å². The molecule has 98 valence electrons. The van der Waals surface area contributed by atoms with Gasteiger partial charge in [0.1, 0.15) is 5.75 Å². The highest BCUT2D eigenvalue weighted by Crippen LogP contribution is 2.44. The van der Waals surface area contributed by atoms with Gasteiger partial charge in [-0.05, 0) is 37.5 Å². The monoisotopic (exact) mass is 248 g/mol. The Balaban J connectivity index is 1.86. The Bertz CT molecular complexity index is 418. The molecule has 18 heavy (non-hydrogen) atoms. The van der Waals surface area contributed by atoms with E-state index < -0.39 is 5.60 Å². The zero-order chi connectivity index (χ0) is 12.6. The van der Waals surface area contributed by atoms with Crippen LogP contribution in [-0.2, 0) is 10.3 Å². The van der Waals surface area contributed by atoms with Gasteiger partial charge in [-0.2, -0.15) is 0 Å². The predicted molar refractivity (Wildman–Crippen MR) is 68.6 cm³/mol. The molecule has 2 aliphatic rings. The minimum absolute atomic E-state index is 0.226. The zero-order valence-corrected chi connectivity index (χ0v) is 10.8. The van der Waals surface area contributed by atoms with E-state index in [-0.39, 0.29) is 12.2 Å². The van der Waals surface area contributed by atoms with E-state index in [4.69, 9.17) is 9.47 Å². The summed E-state index contributed by atoms with van der Waals surface area (Å²) in [5.74, 6) is 0.835. The largest absolute Gasteiger partial charge is 0.494 e. The molecule has 3 rings (SSSR count). The standard InChI is InChI=1S/C15H20O3/c1-2-17-12-5-3-4-11(8-12)15(16)9-13-6-7-14(10-15)18-13/h3-5,8,13-14,16H,2,6-7,9-10H2,1H3. The number of hydrogen-bond donors (Lipinski definition) is 1. The SMILES string of the molecule is CCOc1cccc(C2(O)CC3CCC(C2)O3)c1. The molecule has 1 N–H and O–H groups in total. The lowest BCUT2D eigenvalue weighted by Crippen LogP contribution is -2.38. The summed E-state index contributed by atoms with van der Waals surface area (Å²) < 4.78 is 11.3. The Morgan fingerprint density at radius 3 is 2.72 bits per heavy atom. The molecule has 3 nitrogen and oxygen atoms in total. The first kappa shape index (κ1) is 12.0. The van der Waals surface area contributed by atoms with Crippen LogP contribution in [0.2, 0.25) is 0 Å². The first-order valence-electron chi connectivity index (χ1n) is 6.81. The van der Waals surface area contributed by atoms with E-state index in [0.717, 1.165) is 24.2 Å². The van der Waals surface area contributed by atoms with E-state index in [2.05, 4.69) is 0 Å². The third-order valence-electron chi connectivity index (χ3n) is 4.01. The van der Waals surface area contributed by atoms with Gasteiger partial charge < -0.3 is 14.6 Å². The van der Waals surface area contributed by atoms with Crippen molar-refractivity contribution in [3.05, 3.63) is 29.8 Å². The van der Waals surface area contributed by atoms with Gasteiger partial charge in [0.2, 0.25) is 0 Å². The van der Waals surface area contributed by atoms with Crippen LogP contribution in [0, 0.1) is 0 Å². The topological polar surface area (TPSA) is 38.7 Å². The fourth-order valence-electron chi connectivity index (χ4n) is 3.19. The van der Waals surface area contributed by atoms with Crippen LogP contribution in [0.1, 0.15) is 38.2 Å². The van der Waals surface area contributed by atoms with Crippen LogP contribution in [0.15, 0.2) is 24.3 Å². The molecule has 0 radical (unpaired) electrons. The lowest BCUT2D eigenvalue weighted by Gasteiger charge is -2.37. The molecule has 0 amide bonds. The quantitative estimate of drug-likeness (QED) is 0.893. The van der Waals surface area contributed by atoms with Crippen molar-refractivity contribution in [2.75, 3.05) is 6.61 Å². The fourth-order valence-corrected chi connectivity index (χ4v) is 3.19. The van der Waals surface area contributed by atoms with E-state index >= 15 is 0 Å². The first-order valence-corrected chi connectivity index (χ1v) is 6.81. The summed E-state index contributed by atoms with van der Waals surface area (Å²) in [6.45, 7) is 2.62. The molecule has 2 fully saturated rings. The average molecular weight is 248 g/mol. The highest BCUT2D eigenvalue weighted by atomic mass is 16.5. The van der Waals surface area contributed by atoms with Crippen molar-refractivity contribution in [1.82, 2.24) is 0 Å². The van der Waals surface area contributed by atoms with Gasteiger partial charge in [0.05, 0.1) is 24.4 Å². The summed E-state index contributed by atoms with van der Waals surface area (Å²) in [5.41, 5.74) is 0.227. The van der Waals surface area contributed by atoms with Crippen LogP contribution < -0.4 is 4.74 Å². The smallest absolute Gasteiger partial charge is 0.119 e. The molecule has 2 heterocycles. The van der Waals surface area contributed by atoms with Crippen molar-refractivity contribution in [2.45, 2.75) is 50.4 Å². The highest BCUT2D eigenvalue weighted by Gasteiger charge is 2.44. The van der Waals surface area contributed by atoms with Crippen LogP contribution in [0.4, 0.5) is 0 Å². The van der Waals surface area contributed by atoms with Crippen LogP contribution in [0.5, 0.6) is 5.75 Å². The van der Waals surface area contributed by atoms with Gasteiger partial charge in [0.15, 0.2) is 0 Å². The Labute approximate surface area is 108 Å². The van der Waals surface area contributed by atoms with E-state index in [9.17, 15) is 5.11 Å². The number of ether oxygens (including phenoxy) is 2. The molecule has 0 spiro atoms. The van der Waals surface area contributed by atoms with Crippen molar-refractivity contribution in [3.8, 4) is 5.75 Å². The van der Waals surface area contributed by atoms with Gasteiger partial charge in [-0.15, -0.1) is 0 Å². The van der Waals surface area contributed by atoms with Crippen molar-refractivity contribution in [1.29, 1.82) is 0 Å². The van der Waals surface area contributed by atoms with Crippen molar-refractivity contribution < 1.29 is 14.6 Å². The average Bonchev–Trinajstić information content (AvgIpc) is 2.70. The van der Waals surface area contributed by atoms with E-state index in [1.807, 2.05) is 31.2 Å². The maximum atomic E-state index is 10.9. The third kappa shape index (κ3) is 2.13. The van der Waals surface area contributed by atoms with Crippen molar-refractivity contribution in [3.63, 3.8) is 0 Å². The van der Waals surface area contributed by atoms with Crippen LogP contribution >= 0.6 is 0 Å². The number of rotatable bonds is 3. The molecule has 0 aromatic heterocycles. The van der Waals surface area contributed by atoms with Gasteiger partial charge in [-0.1, -0.05) is 12.1 Å². The van der Waals surface area contributed by atoms with Gasteiger partial charge in [0.25, 0.3) is 0 Å². The minimum atomic E-state index is -0.739. The van der Waals surface area contributed by atoms with Gasteiger partial charge in [-0.25, -0.2) is 0 Å². The second kappa shape index (κ2) is 4.56. The Kier molecular flexibility index (Phi) is 3.04. The van der Waals surface area contributed by atoms with E-state index in [0.29, 0.717) is 19.4 Å². The molecule has 2 unspecified atom stereocenters. The maximum Gasteiger partial charge on any atom is 0.119 e. The van der Waals surface area contributed by atoms with Gasteiger partial charge in [-0.3, -0.25) is 0 Å². The lowest BCUT2D eigenvalue weighted by atomic mass is 9.83. The number of aliphatic hydroxyl groups is 1. The predicted octanol–water partition coefficient (Wildman–Crippen LogP) is 2.61.